The largest absolute Gasteiger partial charge is 0.490 e. The third-order valence-electron chi connectivity index (χ3n) is 3.74. The van der Waals surface area contributed by atoms with Gasteiger partial charge in [-0.1, -0.05) is 6.07 Å². The van der Waals surface area contributed by atoms with Gasteiger partial charge in [-0.2, -0.15) is 13.2 Å². The van der Waals surface area contributed by atoms with E-state index in [1.807, 2.05) is 0 Å². The van der Waals surface area contributed by atoms with Gasteiger partial charge in [-0.15, -0.1) is 12.4 Å². The van der Waals surface area contributed by atoms with E-state index in [-0.39, 0.29) is 30.2 Å². The lowest BCUT2D eigenvalue weighted by Crippen LogP contribution is -2.30. The number of ether oxygens (including phenoxy) is 2. The Bertz CT molecular complexity index is 532. The molecule has 5 nitrogen and oxygen atoms in total. The van der Waals surface area contributed by atoms with Crippen LogP contribution in [0.15, 0.2) is 18.2 Å². The first-order valence-corrected chi connectivity index (χ1v) is 7.94. The summed E-state index contributed by atoms with van der Waals surface area (Å²) in [6.07, 6.45) is -4.74. The molecule has 0 spiro atoms. The quantitative estimate of drug-likeness (QED) is 0.641. The molecule has 0 aromatic heterocycles. The first kappa shape index (κ1) is 21.8. The summed E-state index contributed by atoms with van der Waals surface area (Å²) < 4.78 is 47.0. The third-order valence-corrected chi connectivity index (χ3v) is 3.74. The van der Waals surface area contributed by atoms with Gasteiger partial charge >= 0.3 is 6.18 Å². The van der Waals surface area contributed by atoms with Crippen LogP contribution in [-0.2, 0) is 6.54 Å². The van der Waals surface area contributed by atoms with Crippen molar-refractivity contribution in [1.82, 2.24) is 10.6 Å². The molecule has 2 unspecified atom stereocenters. The van der Waals surface area contributed by atoms with Gasteiger partial charge in [-0.05, 0) is 24.6 Å². The summed E-state index contributed by atoms with van der Waals surface area (Å²) in [6, 6.07) is 4.86. The molecule has 2 rings (SSSR count). The second-order valence-electron chi connectivity index (χ2n) is 5.73. The summed E-state index contributed by atoms with van der Waals surface area (Å²) in [5.74, 6) is 0.530. The topological polar surface area (TPSA) is 62.8 Å². The van der Waals surface area contributed by atoms with Crippen LogP contribution in [0.3, 0.4) is 0 Å². The highest BCUT2D eigenvalue weighted by Gasteiger charge is 2.29. The Morgan fingerprint density at radius 3 is 2.60 bits per heavy atom. The van der Waals surface area contributed by atoms with Crippen molar-refractivity contribution in [3.05, 3.63) is 23.8 Å². The van der Waals surface area contributed by atoms with Crippen LogP contribution >= 0.6 is 12.4 Å². The fourth-order valence-electron chi connectivity index (χ4n) is 2.54. The maximum absolute atomic E-state index is 12.3. The smallest absolute Gasteiger partial charge is 0.422 e. The fraction of sp³-hybridized carbons (Fsp3) is 0.625. The van der Waals surface area contributed by atoms with Crippen LogP contribution in [0.5, 0.6) is 11.5 Å². The Hall–Kier alpha value is -1.22. The first-order valence-electron chi connectivity index (χ1n) is 7.94. The number of nitrogens with one attached hydrogen (secondary N) is 2. The van der Waals surface area contributed by atoms with E-state index in [9.17, 15) is 18.3 Å². The Morgan fingerprint density at radius 2 is 2.00 bits per heavy atom. The van der Waals surface area contributed by atoms with Gasteiger partial charge in [-0.25, -0.2) is 0 Å². The highest BCUT2D eigenvalue weighted by Crippen LogP contribution is 2.30. The van der Waals surface area contributed by atoms with Gasteiger partial charge < -0.3 is 25.2 Å². The van der Waals surface area contributed by atoms with E-state index in [2.05, 4.69) is 10.6 Å². The van der Waals surface area contributed by atoms with E-state index < -0.39 is 12.8 Å². The lowest BCUT2D eigenvalue weighted by Gasteiger charge is -2.16. The molecule has 1 aromatic carbocycles. The van der Waals surface area contributed by atoms with Crippen molar-refractivity contribution in [2.45, 2.75) is 25.7 Å². The molecule has 1 aromatic rings. The molecule has 144 valence electrons. The van der Waals surface area contributed by atoms with Crippen molar-refractivity contribution >= 4 is 12.4 Å². The molecule has 1 fully saturated rings. The monoisotopic (exact) mass is 384 g/mol. The van der Waals surface area contributed by atoms with Crippen molar-refractivity contribution in [2.24, 2.45) is 5.92 Å². The van der Waals surface area contributed by atoms with Crippen molar-refractivity contribution < 1.29 is 27.8 Å². The SMILES string of the molecule is CCOc1cc(CNCC2CNCC2O)ccc1OCC(F)(F)F.Cl. The van der Waals surface area contributed by atoms with Gasteiger partial charge in [0.1, 0.15) is 0 Å². The van der Waals surface area contributed by atoms with Crippen LogP contribution in [0.25, 0.3) is 0 Å². The summed E-state index contributed by atoms with van der Waals surface area (Å²) >= 11 is 0. The summed E-state index contributed by atoms with van der Waals surface area (Å²) in [5, 5.41) is 16.1. The molecule has 1 saturated heterocycles. The number of benzene rings is 1. The minimum absolute atomic E-state index is 0. The molecule has 2 atom stereocenters. The molecule has 0 aliphatic carbocycles. The number of rotatable bonds is 8. The number of aliphatic hydroxyl groups excluding tert-OH is 1. The van der Waals surface area contributed by atoms with Crippen molar-refractivity contribution in [1.29, 1.82) is 0 Å². The molecule has 3 N–H and O–H groups in total. The van der Waals surface area contributed by atoms with E-state index >= 15 is 0 Å². The average Bonchev–Trinajstić information content (AvgIpc) is 2.91. The van der Waals surface area contributed by atoms with E-state index in [4.69, 9.17) is 9.47 Å². The normalized spacial score (nSPS) is 20.2. The molecule has 25 heavy (non-hydrogen) atoms. The molecule has 1 aliphatic heterocycles. The minimum Gasteiger partial charge on any atom is -0.490 e. The van der Waals surface area contributed by atoms with Gasteiger partial charge in [0.05, 0.1) is 12.7 Å². The summed E-state index contributed by atoms with van der Waals surface area (Å²) in [4.78, 5) is 0. The maximum atomic E-state index is 12.3. The Balaban J connectivity index is 0.00000312. The molecule has 0 amide bonds. The number of aliphatic hydroxyl groups is 1. The van der Waals surface area contributed by atoms with Crippen LogP contribution in [-0.4, -0.2) is 50.2 Å². The molecular weight excluding hydrogens is 361 g/mol. The molecule has 0 saturated carbocycles. The molecule has 9 heteroatoms. The van der Waals surface area contributed by atoms with E-state index in [1.165, 1.54) is 6.07 Å². The zero-order chi connectivity index (χ0) is 17.6. The van der Waals surface area contributed by atoms with Gasteiger partial charge in [0, 0.05) is 32.1 Å². The number of alkyl halides is 3. The predicted octanol–water partition coefficient (Wildman–Crippen LogP) is 2.12. The Morgan fingerprint density at radius 1 is 1.24 bits per heavy atom. The van der Waals surface area contributed by atoms with E-state index in [1.54, 1.807) is 19.1 Å². The highest BCUT2D eigenvalue weighted by atomic mass is 35.5. The number of hydrogen-bond acceptors (Lipinski definition) is 5. The zero-order valence-electron chi connectivity index (χ0n) is 13.9. The third kappa shape index (κ3) is 7.27. The predicted molar refractivity (Wildman–Crippen MR) is 90.5 cm³/mol. The van der Waals surface area contributed by atoms with Gasteiger partial charge in [0.25, 0.3) is 0 Å². The molecule has 0 radical (unpaired) electrons. The second kappa shape index (κ2) is 10.1. The molecule has 1 heterocycles. The summed E-state index contributed by atoms with van der Waals surface area (Å²) in [6.45, 7) is 3.30. The fourth-order valence-corrected chi connectivity index (χ4v) is 2.54. The molecule has 0 bridgehead atoms. The van der Waals surface area contributed by atoms with Crippen LogP contribution in [0.1, 0.15) is 12.5 Å². The van der Waals surface area contributed by atoms with Gasteiger partial charge in [0.15, 0.2) is 18.1 Å². The lowest BCUT2D eigenvalue weighted by molar-refractivity contribution is -0.153. The van der Waals surface area contributed by atoms with E-state index in [0.717, 1.165) is 12.1 Å². The standard InChI is InChI=1S/C16H23F3N2O3.ClH/c1-2-23-15-5-11(3-4-14(15)24-10-16(17,18)19)6-20-7-12-8-21-9-13(12)22;/h3-5,12-13,20-22H,2,6-10H2,1H3;1H. The maximum Gasteiger partial charge on any atom is 0.422 e. The minimum atomic E-state index is -4.39. The Kier molecular flexibility index (Phi) is 8.78. The van der Waals surface area contributed by atoms with Gasteiger partial charge in [0.2, 0.25) is 0 Å². The molecule has 1 aliphatic rings. The van der Waals surface area contributed by atoms with Crippen LogP contribution in [0, 0.1) is 5.92 Å². The number of hydrogen-bond donors (Lipinski definition) is 3. The van der Waals surface area contributed by atoms with Crippen molar-refractivity contribution in [3.63, 3.8) is 0 Å². The highest BCUT2D eigenvalue weighted by molar-refractivity contribution is 5.85. The first-order chi connectivity index (χ1) is 11.4. The van der Waals surface area contributed by atoms with Crippen molar-refractivity contribution in [3.8, 4) is 11.5 Å². The molecular formula is C16H24ClF3N2O3. The second-order valence-corrected chi connectivity index (χ2v) is 5.73. The Labute approximate surface area is 151 Å². The average molecular weight is 385 g/mol. The van der Waals surface area contributed by atoms with Crippen molar-refractivity contribution in [2.75, 3.05) is 32.8 Å². The van der Waals surface area contributed by atoms with Crippen LogP contribution in [0.4, 0.5) is 13.2 Å². The van der Waals surface area contributed by atoms with Crippen LogP contribution < -0.4 is 20.1 Å². The lowest BCUT2D eigenvalue weighted by atomic mass is 10.1. The van der Waals surface area contributed by atoms with Gasteiger partial charge in [-0.3, -0.25) is 0 Å². The number of β-amino-alcohol motifs (C(OH)–C–C–N with tert-alkyl or cyclic N) is 1. The number of halogens is 4. The van der Waals surface area contributed by atoms with Crippen LogP contribution in [0.2, 0.25) is 0 Å². The summed E-state index contributed by atoms with van der Waals surface area (Å²) in [7, 11) is 0. The van der Waals surface area contributed by atoms with E-state index in [0.29, 0.717) is 32.0 Å². The summed E-state index contributed by atoms with van der Waals surface area (Å²) in [5.41, 5.74) is 0.873. The zero-order valence-corrected chi connectivity index (χ0v) is 14.8.